The van der Waals surface area contributed by atoms with Gasteiger partial charge in [-0.25, -0.2) is 18.1 Å². The topological polar surface area (TPSA) is 105 Å². The van der Waals surface area contributed by atoms with Crippen molar-refractivity contribution in [3.8, 4) is 11.3 Å². The predicted octanol–water partition coefficient (Wildman–Crippen LogP) is 2.26. The smallest absolute Gasteiger partial charge is 0.251 e. The number of ketones is 1. The van der Waals surface area contributed by atoms with Gasteiger partial charge in [0.2, 0.25) is 10.0 Å². The van der Waals surface area contributed by atoms with Gasteiger partial charge in [0, 0.05) is 16.5 Å². The second kappa shape index (κ2) is 9.08. The Labute approximate surface area is 172 Å². The largest absolute Gasteiger partial charge is 0.345 e. The molecule has 3 aromatic rings. The number of Topliss-reactive ketones (excluding diaryl/α,β-unsaturated/α-hetero) is 1. The molecule has 0 saturated carbocycles. The van der Waals surface area contributed by atoms with E-state index in [2.05, 4.69) is 15.0 Å². The molecule has 0 unspecified atom stereocenters. The highest BCUT2D eigenvalue weighted by atomic mass is 32.2. The third kappa shape index (κ3) is 5.35. The number of hydrogen-bond acceptors (Lipinski definition) is 6. The Morgan fingerprint density at radius 2 is 1.83 bits per heavy atom. The van der Waals surface area contributed by atoms with Crippen molar-refractivity contribution in [1.82, 2.24) is 15.0 Å². The molecule has 3 rings (SSSR count). The van der Waals surface area contributed by atoms with Gasteiger partial charge < -0.3 is 5.32 Å². The van der Waals surface area contributed by atoms with Gasteiger partial charge >= 0.3 is 0 Å². The third-order valence-corrected chi connectivity index (χ3v) is 6.35. The Morgan fingerprint density at radius 1 is 1.07 bits per heavy atom. The first-order valence-electron chi connectivity index (χ1n) is 8.72. The molecule has 0 fully saturated rings. The average molecular weight is 430 g/mol. The predicted molar refractivity (Wildman–Crippen MR) is 111 cm³/mol. The van der Waals surface area contributed by atoms with E-state index in [1.165, 1.54) is 42.6 Å². The highest BCUT2D eigenvalue weighted by Gasteiger charge is 2.15. The van der Waals surface area contributed by atoms with E-state index in [9.17, 15) is 18.0 Å². The summed E-state index contributed by atoms with van der Waals surface area (Å²) in [4.78, 5) is 28.9. The molecule has 0 spiro atoms. The minimum Gasteiger partial charge on any atom is -0.345 e. The SMILES string of the molecule is CNS(=O)(=O)c1cccc(C(=O)NCC(=O)Cc2nc(-c3ccccc3)cs2)c1. The van der Waals surface area contributed by atoms with Gasteiger partial charge in [-0.05, 0) is 25.2 Å². The van der Waals surface area contributed by atoms with E-state index in [1.54, 1.807) is 0 Å². The van der Waals surface area contributed by atoms with Crippen molar-refractivity contribution >= 4 is 33.1 Å². The molecule has 0 atom stereocenters. The van der Waals surface area contributed by atoms with Gasteiger partial charge in [0.15, 0.2) is 5.78 Å². The molecule has 0 aliphatic heterocycles. The Morgan fingerprint density at radius 3 is 2.55 bits per heavy atom. The summed E-state index contributed by atoms with van der Waals surface area (Å²) in [5.74, 6) is -0.707. The van der Waals surface area contributed by atoms with E-state index in [1.807, 2.05) is 35.7 Å². The first kappa shape index (κ1) is 20.8. The van der Waals surface area contributed by atoms with Crippen molar-refractivity contribution in [3.05, 3.63) is 70.5 Å². The maximum atomic E-state index is 12.3. The van der Waals surface area contributed by atoms with Crippen molar-refractivity contribution < 1.29 is 18.0 Å². The van der Waals surface area contributed by atoms with Crippen molar-refractivity contribution in [1.29, 1.82) is 0 Å². The monoisotopic (exact) mass is 429 g/mol. The van der Waals surface area contributed by atoms with Crippen LogP contribution in [0.3, 0.4) is 0 Å². The molecule has 1 aromatic heterocycles. The molecule has 0 aliphatic carbocycles. The zero-order valence-corrected chi connectivity index (χ0v) is 17.2. The van der Waals surface area contributed by atoms with Crippen LogP contribution >= 0.6 is 11.3 Å². The number of carbonyl (C=O) groups is 2. The van der Waals surface area contributed by atoms with Crippen LogP contribution in [0.5, 0.6) is 0 Å². The minimum absolute atomic E-state index is 0.0183. The lowest BCUT2D eigenvalue weighted by Gasteiger charge is -2.07. The van der Waals surface area contributed by atoms with Gasteiger partial charge in [0.25, 0.3) is 5.91 Å². The fourth-order valence-corrected chi connectivity index (χ4v) is 4.18. The van der Waals surface area contributed by atoms with Crippen LogP contribution in [0.1, 0.15) is 15.4 Å². The summed E-state index contributed by atoms with van der Waals surface area (Å²) in [6, 6.07) is 15.3. The van der Waals surface area contributed by atoms with Crippen LogP contribution in [-0.2, 0) is 21.2 Å². The van der Waals surface area contributed by atoms with Gasteiger partial charge in [-0.3, -0.25) is 9.59 Å². The number of aromatic nitrogens is 1. The molecule has 29 heavy (non-hydrogen) atoms. The van der Waals surface area contributed by atoms with E-state index >= 15 is 0 Å². The number of nitrogens with zero attached hydrogens (tertiary/aromatic N) is 1. The maximum absolute atomic E-state index is 12.3. The summed E-state index contributed by atoms with van der Waals surface area (Å²) < 4.78 is 25.9. The molecule has 1 amide bonds. The summed E-state index contributed by atoms with van der Waals surface area (Å²) in [6.45, 7) is -0.165. The number of nitrogens with one attached hydrogen (secondary N) is 2. The van der Waals surface area contributed by atoms with Crippen LogP contribution in [0.4, 0.5) is 0 Å². The molecule has 1 heterocycles. The van der Waals surface area contributed by atoms with E-state index in [-0.39, 0.29) is 29.2 Å². The molecule has 2 N–H and O–H groups in total. The number of sulfonamides is 1. The zero-order chi connectivity index (χ0) is 20.9. The normalized spacial score (nSPS) is 11.2. The third-order valence-electron chi connectivity index (χ3n) is 4.09. The van der Waals surface area contributed by atoms with Crippen LogP contribution in [-0.4, -0.2) is 38.7 Å². The molecule has 0 saturated heterocycles. The molecule has 0 aliphatic rings. The lowest BCUT2D eigenvalue weighted by Crippen LogP contribution is -2.30. The maximum Gasteiger partial charge on any atom is 0.251 e. The van der Waals surface area contributed by atoms with Gasteiger partial charge in [0.05, 0.1) is 23.6 Å². The fraction of sp³-hybridized carbons (Fsp3) is 0.150. The standard InChI is InChI=1S/C20H19N3O4S2/c1-21-29(26,27)17-9-5-8-15(10-17)20(25)22-12-16(24)11-19-23-18(13-28-19)14-6-3-2-4-7-14/h2-10,13,21H,11-12H2,1H3,(H,22,25). The van der Waals surface area contributed by atoms with Crippen LogP contribution in [0.15, 0.2) is 64.9 Å². The second-order valence-corrected chi connectivity index (χ2v) is 8.96. The molecule has 150 valence electrons. The average Bonchev–Trinajstić information content (AvgIpc) is 3.21. The van der Waals surface area contributed by atoms with Gasteiger partial charge in [-0.2, -0.15) is 0 Å². The summed E-state index contributed by atoms with van der Waals surface area (Å²) in [5, 5.41) is 5.09. The number of benzene rings is 2. The summed E-state index contributed by atoms with van der Waals surface area (Å²) in [6.07, 6.45) is 0.117. The molecule has 7 nitrogen and oxygen atoms in total. The number of hydrogen-bond donors (Lipinski definition) is 2. The van der Waals surface area contributed by atoms with Crippen LogP contribution in [0.2, 0.25) is 0 Å². The van der Waals surface area contributed by atoms with E-state index in [0.29, 0.717) is 5.01 Å². The minimum atomic E-state index is -3.65. The second-order valence-electron chi connectivity index (χ2n) is 6.13. The Kier molecular flexibility index (Phi) is 6.53. The Bertz CT molecular complexity index is 1130. The summed E-state index contributed by atoms with van der Waals surface area (Å²) >= 11 is 1.39. The Balaban J connectivity index is 1.58. The molecule has 9 heteroatoms. The highest BCUT2D eigenvalue weighted by molar-refractivity contribution is 7.89. The Hall–Kier alpha value is -2.88. The summed E-state index contributed by atoms with van der Waals surface area (Å²) in [5.41, 5.74) is 1.95. The molecule has 0 radical (unpaired) electrons. The molecular formula is C20H19N3O4S2. The van der Waals surface area contributed by atoms with Crippen LogP contribution in [0, 0.1) is 0 Å². The molecular weight excluding hydrogens is 410 g/mol. The zero-order valence-electron chi connectivity index (χ0n) is 15.6. The lowest BCUT2D eigenvalue weighted by atomic mass is 10.2. The first-order valence-corrected chi connectivity index (χ1v) is 11.1. The van der Waals surface area contributed by atoms with Crippen LogP contribution in [0.25, 0.3) is 11.3 Å². The van der Waals surface area contributed by atoms with E-state index in [0.717, 1.165) is 11.3 Å². The van der Waals surface area contributed by atoms with E-state index < -0.39 is 15.9 Å². The fourth-order valence-electron chi connectivity index (χ4n) is 2.57. The van der Waals surface area contributed by atoms with E-state index in [4.69, 9.17) is 0 Å². The van der Waals surface area contributed by atoms with Gasteiger partial charge in [-0.1, -0.05) is 36.4 Å². The number of rotatable bonds is 8. The van der Waals surface area contributed by atoms with Crippen molar-refractivity contribution in [2.24, 2.45) is 0 Å². The lowest BCUT2D eigenvalue weighted by molar-refractivity contribution is -0.117. The molecule has 0 bridgehead atoms. The van der Waals surface area contributed by atoms with Gasteiger partial charge in [0.1, 0.15) is 5.01 Å². The summed E-state index contributed by atoms with van der Waals surface area (Å²) in [7, 11) is -2.36. The number of amides is 1. The highest BCUT2D eigenvalue weighted by Crippen LogP contribution is 2.21. The van der Waals surface area contributed by atoms with Gasteiger partial charge in [-0.15, -0.1) is 11.3 Å². The van der Waals surface area contributed by atoms with Crippen molar-refractivity contribution in [2.45, 2.75) is 11.3 Å². The first-order chi connectivity index (χ1) is 13.9. The van der Waals surface area contributed by atoms with Crippen molar-refractivity contribution in [3.63, 3.8) is 0 Å². The van der Waals surface area contributed by atoms with Crippen LogP contribution < -0.4 is 10.0 Å². The molecule has 2 aromatic carbocycles. The number of carbonyl (C=O) groups excluding carboxylic acids is 2. The van der Waals surface area contributed by atoms with Crippen molar-refractivity contribution in [2.75, 3.05) is 13.6 Å². The quantitative estimate of drug-likeness (QED) is 0.571. The number of thiazole rings is 1.